The van der Waals surface area contributed by atoms with Gasteiger partial charge in [-0.05, 0) is 25.1 Å². The van der Waals surface area contributed by atoms with E-state index in [1.165, 1.54) is 17.3 Å². The second kappa shape index (κ2) is 7.15. The molecule has 0 saturated heterocycles. The highest BCUT2D eigenvalue weighted by atomic mass is 35.5. The van der Waals surface area contributed by atoms with Crippen molar-refractivity contribution in [1.82, 2.24) is 0 Å². The molecule has 2 aromatic carbocycles. The van der Waals surface area contributed by atoms with Crippen LogP contribution in [0.25, 0.3) is 0 Å². The minimum atomic E-state index is -0.232. The molecule has 0 aromatic heterocycles. The Kier molecular flexibility index (Phi) is 4.97. The maximum Gasteiger partial charge on any atom is 0.262 e. The van der Waals surface area contributed by atoms with E-state index in [2.05, 4.69) is 10.6 Å². The highest BCUT2D eigenvalue weighted by Crippen LogP contribution is 2.36. The largest absolute Gasteiger partial charge is 0.482 e. The molecule has 3 rings (SSSR count). The summed E-state index contributed by atoms with van der Waals surface area (Å²) in [6.45, 7) is 1.97. The second-order valence-electron chi connectivity index (χ2n) is 5.31. The molecule has 5 nitrogen and oxygen atoms in total. The van der Waals surface area contributed by atoms with E-state index in [1.807, 2.05) is 31.2 Å². The number of rotatable bonds is 4. The molecular weight excluding hydrogens is 348 g/mol. The molecule has 1 aliphatic heterocycles. The van der Waals surface area contributed by atoms with Crippen molar-refractivity contribution in [2.24, 2.45) is 0 Å². The number of thioether (sulfide) groups is 1. The average molecular weight is 363 g/mol. The molecule has 2 amide bonds. The first-order chi connectivity index (χ1) is 11.5. The van der Waals surface area contributed by atoms with Crippen molar-refractivity contribution in [3.05, 3.63) is 47.0 Å². The van der Waals surface area contributed by atoms with Gasteiger partial charge in [-0.3, -0.25) is 9.59 Å². The van der Waals surface area contributed by atoms with Crippen LogP contribution >= 0.6 is 23.4 Å². The number of aryl methyl sites for hydroxylation is 1. The maximum atomic E-state index is 12.1. The van der Waals surface area contributed by atoms with E-state index in [0.717, 1.165) is 4.90 Å². The number of carbonyl (C=O) groups is 2. The van der Waals surface area contributed by atoms with E-state index in [9.17, 15) is 9.59 Å². The predicted molar refractivity (Wildman–Crippen MR) is 96.1 cm³/mol. The van der Waals surface area contributed by atoms with Crippen LogP contribution in [0.2, 0.25) is 5.02 Å². The molecule has 0 fully saturated rings. The van der Waals surface area contributed by atoms with Crippen LogP contribution < -0.4 is 15.4 Å². The molecule has 0 saturated carbocycles. The van der Waals surface area contributed by atoms with Gasteiger partial charge in [0.15, 0.2) is 6.61 Å². The second-order valence-corrected chi connectivity index (χ2v) is 6.77. The molecule has 0 bridgehead atoms. The molecule has 0 unspecified atom stereocenters. The first-order valence-corrected chi connectivity index (χ1v) is 8.63. The van der Waals surface area contributed by atoms with E-state index in [0.29, 0.717) is 22.1 Å². The number of benzene rings is 2. The third-order valence-electron chi connectivity index (χ3n) is 3.37. The summed E-state index contributed by atoms with van der Waals surface area (Å²) in [4.78, 5) is 24.4. The van der Waals surface area contributed by atoms with Gasteiger partial charge in [0.2, 0.25) is 5.91 Å². The lowest BCUT2D eigenvalue weighted by Gasteiger charge is -2.19. The number of hydrogen-bond acceptors (Lipinski definition) is 4. The summed E-state index contributed by atoms with van der Waals surface area (Å²) in [6, 6.07) is 11.2. The van der Waals surface area contributed by atoms with Crippen molar-refractivity contribution < 1.29 is 14.3 Å². The Morgan fingerprint density at radius 1 is 1.33 bits per heavy atom. The number of carbonyl (C=O) groups excluding carboxylic acids is 2. The van der Waals surface area contributed by atoms with Crippen LogP contribution in [0.4, 0.5) is 11.4 Å². The smallest absolute Gasteiger partial charge is 0.262 e. The van der Waals surface area contributed by atoms with Gasteiger partial charge in [-0.15, -0.1) is 11.8 Å². The lowest BCUT2D eigenvalue weighted by Crippen LogP contribution is -2.25. The van der Waals surface area contributed by atoms with Gasteiger partial charge in [0, 0.05) is 11.0 Å². The van der Waals surface area contributed by atoms with E-state index < -0.39 is 0 Å². The molecule has 1 aliphatic rings. The summed E-state index contributed by atoms with van der Waals surface area (Å²) in [7, 11) is 0. The minimum Gasteiger partial charge on any atom is -0.482 e. The van der Waals surface area contributed by atoms with Crippen molar-refractivity contribution in [1.29, 1.82) is 0 Å². The van der Waals surface area contributed by atoms with E-state index >= 15 is 0 Å². The lowest BCUT2D eigenvalue weighted by atomic mass is 10.2. The Balaban J connectivity index is 1.64. The first-order valence-electron chi connectivity index (χ1n) is 7.27. The number of nitrogens with one attached hydrogen (secondary N) is 2. The van der Waals surface area contributed by atoms with Gasteiger partial charge >= 0.3 is 0 Å². The summed E-state index contributed by atoms with van der Waals surface area (Å²) in [5.74, 6) is 0.362. The van der Waals surface area contributed by atoms with Crippen molar-refractivity contribution in [2.75, 3.05) is 23.0 Å². The third-order valence-corrected chi connectivity index (χ3v) is 4.69. The predicted octanol–water partition coefficient (Wildman–Crippen LogP) is 3.71. The molecule has 124 valence electrons. The molecule has 7 heteroatoms. The first kappa shape index (κ1) is 16.7. The number of amides is 2. The molecule has 0 atom stereocenters. The number of fused-ring (bicyclic) bond motifs is 1. The molecular formula is C17H15ClN2O3S. The number of ether oxygens (including phenoxy) is 1. The molecule has 24 heavy (non-hydrogen) atoms. The Hall–Kier alpha value is -2.18. The van der Waals surface area contributed by atoms with Crippen LogP contribution in [-0.2, 0) is 9.59 Å². The van der Waals surface area contributed by atoms with Crippen molar-refractivity contribution >= 4 is 46.6 Å². The lowest BCUT2D eigenvalue weighted by molar-refractivity contribution is -0.118. The van der Waals surface area contributed by atoms with Crippen molar-refractivity contribution in [2.45, 2.75) is 11.8 Å². The monoisotopic (exact) mass is 362 g/mol. The zero-order valence-electron chi connectivity index (χ0n) is 12.9. The summed E-state index contributed by atoms with van der Waals surface area (Å²) in [6.07, 6.45) is 0. The summed E-state index contributed by atoms with van der Waals surface area (Å²) in [5.41, 5.74) is 2.14. The SMILES string of the molecule is Cc1ccc(SCC(=O)Nc2cc3c(cc2Cl)NC(=O)CO3)cc1. The van der Waals surface area contributed by atoms with Gasteiger partial charge in [0.05, 0.1) is 22.2 Å². The van der Waals surface area contributed by atoms with Gasteiger partial charge in [0.1, 0.15) is 5.75 Å². The van der Waals surface area contributed by atoms with Crippen molar-refractivity contribution in [3.63, 3.8) is 0 Å². The minimum absolute atomic E-state index is 0.0503. The quantitative estimate of drug-likeness (QED) is 0.813. The highest BCUT2D eigenvalue weighted by molar-refractivity contribution is 8.00. The van der Waals surface area contributed by atoms with E-state index in [1.54, 1.807) is 12.1 Å². The fourth-order valence-electron chi connectivity index (χ4n) is 2.17. The fourth-order valence-corrected chi connectivity index (χ4v) is 3.07. The summed E-state index contributed by atoms with van der Waals surface area (Å²) >= 11 is 7.61. The maximum absolute atomic E-state index is 12.1. The van der Waals surface area contributed by atoms with Gasteiger partial charge in [-0.1, -0.05) is 29.3 Å². The van der Waals surface area contributed by atoms with Crippen LogP contribution in [0.15, 0.2) is 41.3 Å². The van der Waals surface area contributed by atoms with Crippen LogP contribution in [0.1, 0.15) is 5.56 Å². The Labute approximate surface area is 148 Å². The normalized spacial score (nSPS) is 12.8. The third kappa shape index (κ3) is 4.01. The average Bonchev–Trinajstić information content (AvgIpc) is 2.55. The molecule has 2 N–H and O–H groups in total. The Bertz CT molecular complexity index is 793. The van der Waals surface area contributed by atoms with Crippen LogP contribution in [-0.4, -0.2) is 24.2 Å². The summed E-state index contributed by atoms with van der Waals surface area (Å²) < 4.78 is 5.33. The fraction of sp³-hybridized carbons (Fsp3) is 0.176. The molecule has 1 heterocycles. The standard InChI is InChI=1S/C17H15ClN2O3S/c1-10-2-4-11(5-3-10)24-9-17(22)19-13-7-15-14(6-12(13)18)20-16(21)8-23-15/h2-7H,8-9H2,1H3,(H,19,22)(H,20,21). The summed E-state index contributed by atoms with van der Waals surface area (Å²) in [5, 5.41) is 5.78. The number of anilines is 2. The van der Waals surface area contributed by atoms with Gasteiger partial charge in [0.25, 0.3) is 5.91 Å². The van der Waals surface area contributed by atoms with E-state index in [-0.39, 0.29) is 24.2 Å². The van der Waals surface area contributed by atoms with Crippen LogP contribution in [0.5, 0.6) is 5.75 Å². The van der Waals surface area contributed by atoms with Gasteiger partial charge < -0.3 is 15.4 Å². The zero-order chi connectivity index (χ0) is 17.1. The Morgan fingerprint density at radius 3 is 2.83 bits per heavy atom. The molecule has 0 radical (unpaired) electrons. The van der Waals surface area contributed by atoms with Gasteiger partial charge in [-0.25, -0.2) is 0 Å². The van der Waals surface area contributed by atoms with Crippen LogP contribution in [0.3, 0.4) is 0 Å². The Morgan fingerprint density at radius 2 is 2.08 bits per heavy atom. The highest BCUT2D eigenvalue weighted by Gasteiger charge is 2.19. The molecule has 0 spiro atoms. The zero-order valence-corrected chi connectivity index (χ0v) is 14.5. The van der Waals surface area contributed by atoms with Crippen LogP contribution in [0, 0.1) is 6.92 Å². The topological polar surface area (TPSA) is 67.4 Å². The number of halogens is 1. The number of hydrogen-bond donors (Lipinski definition) is 2. The van der Waals surface area contributed by atoms with Crippen molar-refractivity contribution in [3.8, 4) is 5.75 Å². The van der Waals surface area contributed by atoms with E-state index in [4.69, 9.17) is 16.3 Å². The van der Waals surface area contributed by atoms with Gasteiger partial charge in [-0.2, -0.15) is 0 Å². The molecule has 0 aliphatic carbocycles. The molecule has 2 aromatic rings.